The third-order valence-electron chi connectivity index (χ3n) is 1.89. The van der Waals surface area contributed by atoms with Gasteiger partial charge in [0.2, 0.25) is 5.91 Å². The highest BCUT2D eigenvalue weighted by Gasteiger charge is 2.07. The average molecular weight is 235 g/mol. The van der Waals surface area contributed by atoms with Gasteiger partial charge in [0.05, 0.1) is 17.8 Å². The largest absolute Gasteiger partial charge is 0.375 e. The van der Waals surface area contributed by atoms with E-state index >= 15 is 0 Å². The predicted octanol–water partition coefficient (Wildman–Crippen LogP) is 1.57. The average Bonchev–Trinajstić information content (AvgIpc) is 2.27. The van der Waals surface area contributed by atoms with Gasteiger partial charge < -0.3 is 11.1 Å². The normalized spacial score (nSPS) is 9.50. The number of rotatable bonds is 5. The first-order valence-electron chi connectivity index (χ1n) is 4.87. The number of nitriles is 1. The lowest BCUT2D eigenvalue weighted by molar-refractivity contribution is -0.116. The van der Waals surface area contributed by atoms with Gasteiger partial charge in [0, 0.05) is 4.90 Å². The van der Waals surface area contributed by atoms with Crippen molar-refractivity contribution in [1.82, 2.24) is 0 Å². The molecule has 0 atom stereocenters. The van der Waals surface area contributed by atoms with Gasteiger partial charge in [-0.15, -0.1) is 11.8 Å². The summed E-state index contributed by atoms with van der Waals surface area (Å²) >= 11 is 1.60. The van der Waals surface area contributed by atoms with Crippen LogP contribution in [-0.4, -0.2) is 18.2 Å². The summed E-state index contributed by atoms with van der Waals surface area (Å²) in [4.78, 5) is 11.6. The smallest absolute Gasteiger partial charge is 0.236 e. The van der Waals surface area contributed by atoms with Gasteiger partial charge in [-0.1, -0.05) is 13.0 Å². The van der Waals surface area contributed by atoms with E-state index in [9.17, 15) is 4.79 Å². The Morgan fingerprint density at radius 1 is 1.62 bits per heavy atom. The predicted molar refractivity (Wildman–Crippen MR) is 65.2 cm³/mol. The quantitative estimate of drug-likeness (QED) is 0.759. The molecule has 1 rings (SSSR count). The summed E-state index contributed by atoms with van der Waals surface area (Å²) in [5.41, 5.74) is 6.26. The van der Waals surface area contributed by atoms with E-state index in [0.717, 1.165) is 10.6 Å². The Morgan fingerprint density at radius 3 is 2.94 bits per heavy atom. The molecule has 0 aliphatic rings. The zero-order valence-electron chi connectivity index (χ0n) is 8.99. The van der Waals surface area contributed by atoms with E-state index in [0.29, 0.717) is 11.3 Å². The van der Waals surface area contributed by atoms with E-state index < -0.39 is 5.91 Å². The lowest BCUT2D eigenvalue weighted by atomic mass is 10.2. The molecule has 0 aromatic heterocycles. The first kappa shape index (κ1) is 12.4. The summed E-state index contributed by atoms with van der Waals surface area (Å²) in [6, 6.07) is 7.64. The number of primary amides is 1. The van der Waals surface area contributed by atoms with Crippen molar-refractivity contribution >= 4 is 23.4 Å². The van der Waals surface area contributed by atoms with E-state index in [4.69, 9.17) is 11.0 Å². The zero-order valence-corrected chi connectivity index (χ0v) is 9.80. The van der Waals surface area contributed by atoms with Crippen molar-refractivity contribution in [2.45, 2.75) is 11.8 Å². The molecular weight excluding hydrogens is 222 g/mol. The van der Waals surface area contributed by atoms with Gasteiger partial charge in [0.1, 0.15) is 6.07 Å². The number of hydrogen-bond acceptors (Lipinski definition) is 4. The van der Waals surface area contributed by atoms with Gasteiger partial charge in [-0.3, -0.25) is 4.79 Å². The molecule has 0 saturated carbocycles. The molecule has 0 fully saturated rings. The standard InChI is InChI=1S/C11H13N3OS/c1-2-16-10-5-3-4-9(8(10)6-12)14-7-11(13)15/h3-5,14H,2,7H2,1H3,(H2,13,15). The number of carbonyl (C=O) groups is 1. The molecule has 0 aliphatic heterocycles. The molecule has 1 aromatic carbocycles. The SMILES string of the molecule is CCSc1cccc(NCC(N)=O)c1C#N. The molecule has 0 spiro atoms. The van der Waals surface area contributed by atoms with Crippen molar-refractivity contribution in [3.05, 3.63) is 23.8 Å². The molecule has 3 N–H and O–H groups in total. The van der Waals surface area contributed by atoms with E-state index in [1.165, 1.54) is 0 Å². The Hall–Kier alpha value is -1.67. The Balaban J connectivity index is 2.95. The third-order valence-corrected chi connectivity index (χ3v) is 2.83. The second-order valence-electron chi connectivity index (χ2n) is 3.04. The molecule has 5 heteroatoms. The summed E-state index contributed by atoms with van der Waals surface area (Å²) in [5.74, 6) is 0.450. The molecule has 0 heterocycles. The van der Waals surface area contributed by atoms with Gasteiger partial charge in [0.15, 0.2) is 0 Å². The maximum absolute atomic E-state index is 10.7. The van der Waals surface area contributed by atoms with Crippen LogP contribution < -0.4 is 11.1 Å². The Morgan fingerprint density at radius 2 is 2.38 bits per heavy atom. The molecule has 0 bridgehead atoms. The monoisotopic (exact) mass is 235 g/mol. The number of benzene rings is 1. The first-order valence-corrected chi connectivity index (χ1v) is 5.85. The molecule has 0 radical (unpaired) electrons. The van der Waals surface area contributed by atoms with E-state index in [2.05, 4.69) is 11.4 Å². The number of thioether (sulfide) groups is 1. The van der Waals surface area contributed by atoms with Crippen LogP contribution in [-0.2, 0) is 4.79 Å². The molecule has 0 unspecified atom stereocenters. The summed E-state index contributed by atoms with van der Waals surface area (Å²) in [7, 11) is 0. The number of anilines is 1. The lowest BCUT2D eigenvalue weighted by Crippen LogP contribution is -2.22. The van der Waals surface area contributed by atoms with E-state index in [1.807, 2.05) is 19.1 Å². The minimum absolute atomic E-state index is 0.0366. The summed E-state index contributed by atoms with van der Waals surface area (Å²) in [5, 5.41) is 11.9. The van der Waals surface area contributed by atoms with Crippen LogP contribution >= 0.6 is 11.8 Å². The van der Waals surface area contributed by atoms with Crippen LogP contribution in [0, 0.1) is 11.3 Å². The fourth-order valence-corrected chi connectivity index (χ4v) is 2.04. The minimum atomic E-state index is -0.447. The number of amides is 1. The molecular formula is C11H13N3OS. The summed E-state index contributed by atoms with van der Waals surface area (Å²) < 4.78 is 0. The molecule has 1 amide bonds. The van der Waals surface area contributed by atoms with E-state index in [1.54, 1.807) is 17.8 Å². The number of hydrogen-bond donors (Lipinski definition) is 2. The number of carbonyl (C=O) groups excluding carboxylic acids is 1. The maximum atomic E-state index is 10.7. The van der Waals surface area contributed by atoms with Crippen LogP contribution in [0.15, 0.2) is 23.1 Å². The zero-order chi connectivity index (χ0) is 12.0. The molecule has 1 aromatic rings. The number of nitrogens with two attached hydrogens (primary N) is 1. The number of nitrogens with one attached hydrogen (secondary N) is 1. The maximum Gasteiger partial charge on any atom is 0.236 e. The van der Waals surface area contributed by atoms with Gasteiger partial charge in [-0.2, -0.15) is 5.26 Å². The fraction of sp³-hybridized carbons (Fsp3) is 0.273. The molecule has 0 saturated heterocycles. The van der Waals surface area contributed by atoms with Crippen LogP contribution in [0.5, 0.6) is 0 Å². The van der Waals surface area contributed by atoms with Crippen LogP contribution in [0.25, 0.3) is 0 Å². The second-order valence-corrected chi connectivity index (χ2v) is 4.35. The van der Waals surface area contributed by atoms with Crippen LogP contribution in [0.4, 0.5) is 5.69 Å². The molecule has 84 valence electrons. The molecule has 4 nitrogen and oxygen atoms in total. The highest BCUT2D eigenvalue weighted by Crippen LogP contribution is 2.27. The van der Waals surface area contributed by atoms with Gasteiger partial charge in [-0.25, -0.2) is 0 Å². The minimum Gasteiger partial charge on any atom is -0.375 e. The fourth-order valence-electron chi connectivity index (χ4n) is 1.25. The lowest BCUT2D eigenvalue weighted by Gasteiger charge is -2.09. The molecule has 16 heavy (non-hydrogen) atoms. The van der Waals surface area contributed by atoms with Crippen molar-refractivity contribution in [3.63, 3.8) is 0 Å². The highest BCUT2D eigenvalue weighted by molar-refractivity contribution is 7.99. The van der Waals surface area contributed by atoms with Crippen LogP contribution in [0.3, 0.4) is 0 Å². The van der Waals surface area contributed by atoms with Crippen LogP contribution in [0.2, 0.25) is 0 Å². The van der Waals surface area contributed by atoms with Gasteiger partial charge in [0.25, 0.3) is 0 Å². The Labute approximate surface area is 98.8 Å². The Bertz CT molecular complexity index is 426. The number of nitrogens with zero attached hydrogens (tertiary/aromatic N) is 1. The van der Waals surface area contributed by atoms with Crippen molar-refractivity contribution in [3.8, 4) is 6.07 Å². The van der Waals surface area contributed by atoms with Crippen molar-refractivity contribution in [1.29, 1.82) is 5.26 Å². The van der Waals surface area contributed by atoms with Crippen molar-refractivity contribution < 1.29 is 4.79 Å². The van der Waals surface area contributed by atoms with E-state index in [-0.39, 0.29) is 6.54 Å². The van der Waals surface area contributed by atoms with Crippen molar-refractivity contribution in [2.75, 3.05) is 17.6 Å². The van der Waals surface area contributed by atoms with Crippen LogP contribution in [0.1, 0.15) is 12.5 Å². The summed E-state index contributed by atoms with van der Waals surface area (Å²) in [6.45, 7) is 2.06. The second kappa shape index (κ2) is 6.03. The third kappa shape index (κ3) is 3.17. The summed E-state index contributed by atoms with van der Waals surface area (Å²) in [6.07, 6.45) is 0. The van der Waals surface area contributed by atoms with Gasteiger partial charge in [-0.05, 0) is 17.9 Å². The molecule has 0 aliphatic carbocycles. The Kier molecular flexibility index (Phi) is 4.67. The van der Waals surface area contributed by atoms with Crippen molar-refractivity contribution in [2.24, 2.45) is 5.73 Å². The van der Waals surface area contributed by atoms with Gasteiger partial charge >= 0.3 is 0 Å². The topological polar surface area (TPSA) is 78.9 Å². The first-order chi connectivity index (χ1) is 7.69. The highest BCUT2D eigenvalue weighted by atomic mass is 32.2.